The first-order valence-corrected chi connectivity index (χ1v) is 9.69. The van der Waals surface area contributed by atoms with E-state index >= 15 is 0 Å². The van der Waals surface area contributed by atoms with E-state index in [-0.39, 0.29) is 6.10 Å². The van der Waals surface area contributed by atoms with Gasteiger partial charge in [0.25, 0.3) is 0 Å². The fraction of sp³-hybridized carbons (Fsp3) is 0.250. The summed E-state index contributed by atoms with van der Waals surface area (Å²) in [6.07, 6.45) is 5.87. The summed E-state index contributed by atoms with van der Waals surface area (Å²) < 4.78 is 6.26. The second-order valence-corrected chi connectivity index (χ2v) is 7.13. The van der Waals surface area contributed by atoms with Gasteiger partial charge >= 0.3 is 0 Å². The second kappa shape index (κ2) is 8.69. The molecule has 2 heterocycles. The molecule has 0 bridgehead atoms. The number of piperidine rings is 1. The van der Waals surface area contributed by atoms with Gasteiger partial charge in [0.1, 0.15) is 11.9 Å². The normalized spacial score (nSPS) is 15.1. The van der Waals surface area contributed by atoms with Crippen molar-refractivity contribution in [3.8, 4) is 22.9 Å². The molecule has 1 aromatic heterocycles. The van der Waals surface area contributed by atoms with Gasteiger partial charge in [0.05, 0.1) is 11.6 Å². The molecule has 4 rings (SSSR count). The summed E-state index contributed by atoms with van der Waals surface area (Å²) in [6.45, 7) is 2.78. The average Bonchev–Trinajstić information content (AvgIpc) is 2.76. The Kier molecular flexibility index (Phi) is 5.65. The molecule has 4 heteroatoms. The first-order chi connectivity index (χ1) is 13.8. The minimum absolute atomic E-state index is 0.228. The molecule has 0 unspecified atom stereocenters. The number of nitrogens with zero attached hydrogens (tertiary/aromatic N) is 3. The zero-order chi connectivity index (χ0) is 19.2. The number of benzene rings is 2. The highest BCUT2D eigenvalue weighted by Crippen LogP contribution is 2.26. The van der Waals surface area contributed by atoms with Crippen molar-refractivity contribution in [2.45, 2.75) is 25.5 Å². The van der Waals surface area contributed by atoms with Crippen LogP contribution in [0.3, 0.4) is 0 Å². The number of ether oxygens (including phenoxy) is 1. The molecule has 0 saturated carbocycles. The second-order valence-electron chi connectivity index (χ2n) is 7.13. The Balaban J connectivity index is 1.34. The van der Waals surface area contributed by atoms with Gasteiger partial charge in [0.2, 0.25) is 0 Å². The van der Waals surface area contributed by atoms with Gasteiger partial charge in [-0.1, -0.05) is 36.4 Å². The molecule has 0 aliphatic carbocycles. The van der Waals surface area contributed by atoms with Crippen LogP contribution >= 0.6 is 0 Å². The van der Waals surface area contributed by atoms with Crippen molar-refractivity contribution in [2.24, 2.45) is 0 Å². The number of rotatable bonds is 5. The molecular formula is C24H23N3O. The molecule has 2 aromatic carbocycles. The van der Waals surface area contributed by atoms with Crippen LogP contribution in [-0.4, -0.2) is 29.1 Å². The van der Waals surface area contributed by atoms with Crippen LogP contribution in [0.25, 0.3) is 11.1 Å². The smallest absolute Gasteiger partial charge is 0.120 e. The maximum atomic E-state index is 9.27. The Hall–Kier alpha value is -3.16. The Morgan fingerprint density at radius 1 is 1.00 bits per heavy atom. The molecule has 1 fully saturated rings. The van der Waals surface area contributed by atoms with E-state index in [1.165, 1.54) is 0 Å². The van der Waals surface area contributed by atoms with Gasteiger partial charge in [0.15, 0.2) is 0 Å². The predicted molar refractivity (Wildman–Crippen MR) is 110 cm³/mol. The van der Waals surface area contributed by atoms with E-state index in [0.29, 0.717) is 0 Å². The highest BCUT2D eigenvalue weighted by molar-refractivity contribution is 5.63. The van der Waals surface area contributed by atoms with E-state index < -0.39 is 0 Å². The molecule has 0 amide bonds. The van der Waals surface area contributed by atoms with Gasteiger partial charge in [-0.25, -0.2) is 0 Å². The summed E-state index contributed by atoms with van der Waals surface area (Å²) in [6, 6.07) is 22.4. The molecule has 140 valence electrons. The van der Waals surface area contributed by atoms with E-state index in [2.05, 4.69) is 34.2 Å². The third-order valence-electron chi connectivity index (χ3n) is 5.20. The lowest BCUT2D eigenvalue weighted by Crippen LogP contribution is -2.37. The van der Waals surface area contributed by atoms with E-state index in [4.69, 9.17) is 4.74 Å². The van der Waals surface area contributed by atoms with Crippen molar-refractivity contribution in [3.05, 3.63) is 84.2 Å². The highest BCUT2D eigenvalue weighted by atomic mass is 16.5. The lowest BCUT2D eigenvalue weighted by atomic mass is 10.0. The van der Waals surface area contributed by atoms with Gasteiger partial charge in [0, 0.05) is 37.6 Å². The molecule has 0 spiro atoms. The van der Waals surface area contributed by atoms with Gasteiger partial charge in [-0.05, 0) is 48.2 Å². The number of pyridine rings is 1. The van der Waals surface area contributed by atoms with E-state index in [1.807, 2.05) is 48.7 Å². The third kappa shape index (κ3) is 4.39. The van der Waals surface area contributed by atoms with Crippen molar-refractivity contribution < 1.29 is 4.74 Å². The topological polar surface area (TPSA) is 49.2 Å². The summed E-state index contributed by atoms with van der Waals surface area (Å²) >= 11 is 0. The van der Waals surface area contributed by atoms with Crippen molar-refractivity contribution >= 4 is 0 Å². The molecule has 0 N–H and O–H groups in total. The SMILES string of the molecule is N#Cc1ccccc1CN1CCC(Oc2cccc(-c3cccnc3)c2)CC1. The van der Waals surface area contributed by atoms with Crippen LogP contribution in [0, 0.1) is 11.3 Å². The fourth-order valence-electron chi connectivity index (χ4n) is 3.67. The maximum Gasteiger partial charge on any atom is 0.120 e. The molecule has 1 aliphatic rings. The van der Waals surface area contributed by atoms with Crippen molar-refractivity contribution in [1.29, 1.82) is 5.26 Å². The molecule has 28 heavy (non-hydrogen) atoms. The number of hydrogen-bond acceptors (Lipinski definition) is 4. The lowest BCUT2D eigenvalue weighted by molar-refractivity contribution is 0.0968. The minimum Gasteiger partial charge on any atom is -0.490 e. The van der Waals surface area contributed by atoms with E-state index in [9.17, 15) is 5.26 Å². The molecule has 1 aliphatic heterocycles. The molecule has 1 saturated heterocycles. The molecular weight excluding hydrogens is 346 g/mol. The first-order valence-electron chi connectivity index (χ1n) is 9.69. The summed E-state index contributed by atoms with van der Waals surface area (Å²) in [5, 5.41) is 9.27. The fourth-order valence-corrected chi connectivity index (χ4v) is 3.67. The Morgan fingerprint density at radius 3 is 2.61 bits per heavy atom. The maximum absolute atomic E-state index is 9.27. The minimum atomic E-state index is 0.228. The quantitative estimate of drug-likeness (QED) is 0.656. The van der Waals surface area contributed by atoms with Gasteiger partial charge in [-0.2, -0.15) is 5.26 Å². The number of nitriles is 1. The molecule has 3 aromatic rings. The van der Waals surface area contributed by atoms with E-state index in [1.54, 1.807) is 6.20 Å². The van der Waals surface area contributed by atoms with Gasteiger partial charge in [-0.3, -0.25) is 9.88 Å². The summed E-state index contributed by atoms with van der Waals surface area (Å²) in [5.74, 6) is 0.912. The third-order valence-corrected chi connectivity index (χ3v) is 5.20. The number of hydrogen-bond donors (Lipinski definition) is 0. The Bertz CT molecular complexity index is 957. The van der Waals surface area contributed by atoms with Crippen LogP contribution in [0.2, 0.25) is 0 Å². The zero-order valence-electron chi connectivity index (χ0n) is 15.8. The summed E-state index contributed by atoms with van der Waals surface area (Å²) in [5.41, 5.74) is 4.09. The van der Waals surface area contributed by atoms with Crippen molar-refractivity contribution in [3.63, 3.8) is 0 Å². The van der Waals surface area contributed by atoms with Crippen LogP contribution < -0.4 is 4.74 Å². The van der Waals surface area contributed by atoms with Crippen LogP contribution in [0.5, 0.6) is 5.75 Å². The lowest BCUT2D eigenvalue weighted by Gasteiger charge is -2.32. The average molecular weight is 369 g/mol. The molecule has 0 atom stereocenters. The van der Waals surface area contributed by atoms with Crippen LogP contribution in [0.1, 0.15) is 24.0 Å². The van der Waals surface area contributed by atoms with E-state index in [0.717, 1.165) is 60.5 Å². The first kappa shape index (κ1) is 18.2. The zero-order valence-corrected chi connectivity index (χ0v) is 15.8. The Morgan fingerprint density at radius 2 is 1.82 bits per heavy atom. The summed E-state index contributed by atoms with van der Waals surface area (Å²) in [7, 11) is 0. The Labute approximate surface area is 166 Å². The van der Waals surface area contributed by atoms with Gasteiger partial charge in [-0.15, -0.1) is 0 Å². The highest BCUT2D eigenvalue weighted by Gasteiger charge is 2.21. The van der Waals surface area contributed by atoms with Crippen molar-refractivity contribution in [1.82, 2.24) is 9.88 Å². The predicted octanol–water partition coefficient (Wildman–Crippen LogP) is 4.66. The van der Waals surface area contributed by atoms with Crippen LogP contribution in [0.4, 0.5) is 0 Å². The molecule has 4 nitrogen and oxygen atoms in total. The summed E-state index contributed by atoms with van der Waals surface area (Å²) in [4.78, 5) is 6.60. The number of aromatic nitrogens is 1. The number of likely N-dealkylation sites (tertiary alicyclic amines) is 1. The largest absolute Gasteiger partial charge is 0.490 e. The monoisotopic (exact) mass is 369 g/mol. The van der Waals surface area contributed by atoms with Crippen molar-refractivity contribution in [2.75, 3.05) is 13.1 Å². The van der Waals surface area contributed by atoms with Gasteiger partial charge < -0.3 is 4.74 Å². The molecule has 0 radical (unpaired) electrons. The van der Waals surface area contributed by atoms with Crippen LogP contribution in [0.15, 0.2) is 73.1 Å². The standard InChI is InChI=1S/C24H23N3O/c25-16-20-5-1-2-6-22(20)18-27-13-10-23(11-14-27)28-24-9-3-7-19(15-24)21-8-4-12-26-17-21/h1-9,12,15,17,23H,10-11,13-14,18H2. The van der Waals surface area contributed by atoms with Crippen LogP contribution in [-0.2, 0) is 6.54 Å².